The lowest BCUT2D eigenvalue weighted by atomic mass is 9.86. The van der Waals surface area contributed by atoms with Crippen LogP contribution in [0.4, 0.5) is 5.69 Å². The number of nitrogens with one attached hydrogen (secondary N) is 2. The largest absolute Gasteiger partial charge is 0.493 e. The normalized spacial score (nSPS) is 16.0. The van der Waals surface area contributed by atoms with Gasteiger partial charge in [-0.25, -0.2) is 0 Å². The van der Waals surface area contributed by atoms with Gasteiger partial charge in [0.25, 0.3) is 0 Å². The summed E-state index contributed by atoms with van der Waals surface area (Å²) in [7, 11) is 3.16. The molecule has 0 aliphatic heterocycles. The van der Waals surface area contributed by atoms with Crippen LogP contribution in [0.2, 0.25) is 5.02 Å². The molecule has 0 fully saturated rings. The maximum Gasteiger partial charge on any atom is 0.227 e. The van der Waals surface area contributed by atoms with E-state index in [1.54, 1.807) is 26.4 Å². The van der Waals surface area contributed by atoms with Gasteiger partial charge in [-0.15, -0.1) is 0 Å². The van der Waals surface area contributed by atoms with Crippen LogP contribution < -0.4 is 14.8 Å². The first kappa shape index (κ1) is 17.7. The van der Waals surface area contributed by atoms with Crippen molar-refractivity contribution in [2.24, 2.45) is 5.92 Å². The minimum Gasteiger partial charge on any atom is -0.493 e. The molecule has 2 aromatic carbocycles. The number of H-pyrrole nitrogens is 1. The Morgan fingerprint density at radius 3 is 2.74 bits per heavy atom. The smallest absolute Gasteiger partial charge is 0.227 e. The standard InChI is InChI=1S/C21H21ClN2O3/c1-26-19-8-5-14(11-20(19)27-2)23-21(25)12-3-6-17-15(9-12)16-10-13(22)4-7-18(16)24-17/h4-5,7-8,10-12,24H,3,6,9H2,1-2H3,(H,23,25). The van der Waals surface area contributed by atoms with Gasteiger partial charge in [-0.2, -0.15) is 0 Å². The molecule has 0 saturated carbocycles. The number of ether oxygens (including phenoxy) is 2. The lowest BCUT2D eigenvalue weighted by molar-refractivity contribution is -0.120. The van der Waals surface area contributed by atoms with Crippen LogP contribution in [-0.2, 0) is 17.6 Å². The summed E-state index contributed by atoms with van der Waals surface area (Å²) in [5, 5.41) is 4.83. The summed E-state index contributed by atoms with van der Waals surface area (Å²) in [5.74, 6) is 1.16. The van der Waals surface area contributed by atoms with Crippen molar-refractivity contribution in [2.75, 3.05) is 19.5 Å². The van der Waals surface area contributed by atoms with Crippen molar-refractivity contribution >= 4 is 34.1 Å². The van der Waals surface area contributed by atoms with Gasteiger partial charge in [0.1, 0.15) is 0 Å². The molecule has 27 heavy (non-hydrogen) atoms. The van der Waals surface area contributed by atoms with E-state index in [2.05, 4.69) is 10.3 Å². The van der Waals surface area contributed by atoms with Crippen molar-refractivity contribution < 1.29 is 14.3 Å². The summed E-state index contributed by atoms with van der Waals surface area (Å²) in [6.07, 6.45) is 2.37. The van der Waals surface area contributed by atoms with Crippen LogP contribution in [0.25, 0.3) is 10.9 Å². The monoisotopic (exact) mass is 384 g/mol. The maximum absolute atomic E-state index is 12.8. The second-order valence-electron chi connectivity index (χ2n) is 6.77. The molecule has 2 N–H and O–H groups in total. The molecular weight excluding hydrogens is 364 g/mol. The molecule has 1 amide bonds. The first-order valence-corrected chi connectivity index (χ1v) is 9.28. The molecule has 0 bridgehead atoms. The summed E-state index contributed by atoms with van der Waals surface area (Å²) >= 11 is 6.16. The van der Waals surface area contributed by atoms with E-state index in [1.165, 1.54) is 11.3 Å². The molecule has 1 aliphatic rings. The van der Waals surface area contributed by atoms with Crippen molar-refractivity contribution in [3.63, 3.8) is 0 Å². The number of carbonyl (C=O) groups excluding carboxylic acids is 1. The Hall–Kier alpha value is -2.66. The van der Waals surface area contributed by atoms with Gasteiger partial charge in [0.15, 0.2) is 11.5 Å². The van der Waals surface area contributed by atoms with Crippen molar-refractivity contribution in [3.8, 4) is 11.5 Å². The molecule has 1 aromatic heterocycles. The number of benzene rings is 2. The van der Waals surface area contributed by atoms with Crippen LogP contribution in [0.3, 0.4) is 0 Å². The van der Waals surface area contributed by atoms with E-state index in [0.29, 0.717) is 28.6 Å². The molecule has 1 heterocycles. The van der Waals surface area contributed by atoms with E-state index in [-0.39, 0.29) is 11.8 Å². The van der Waals surface area contributed by atoms with Crippen LogP contribution >= 0.6 is 11.6 Å². The molecular formula is C21H21ClN2O3. The number of carbonyl (C=O) groups is 1. The Kier molecular flexibility index (Phi) is 4.70. The number of fused-ring (bicyclic) bond motifs is 3. The van der Waals surface area contributed by atoms with Gasteiger partial charge in [-0.05, 0) is 55.2 Å². The lowest BCUT2D eigenvalue weighted by Crippen LogP contribution is -2.28. The van der Waals surface area contributed by atoms with Crippen LogP contribution in [0.1, 0.15) is 17.7 Å². The number of halogens is 1. The van der Waals surface area contributed by atoms with Crippen molar-refractivity contribution in [1.29, 1.82) is 0 Å². The summed E-state index contributed by atoms with van der Waals surface area (Å²) < 4.78 is 10.5. The third kappa shape index (κ3) is 3.35. The van der Waals surface area contributed by atoms with Gasteiger partial charge >= 0.3 is 0 Å². The number of hydrogen-bond acceptors (Lipinski definition) is 3. The van der Waals surface area contributed by atoms with Gasteiger partial charge in [0.2, 0.25) is 5.91 Å². The summed E-state index contributed by atoms with van der Waals surface area (Å²) in [5.41, 5.74) is 4.18. The Bertz CT molecular complexity index is 1010. The minimum absolute atomic E-state index is 0.0178. The molecule has 0 radical (unpaired) electrons. The molecule has 4 rings (SSSR count). The highest BCUT2D eigenvalue weighted by Crippen LogP contribution is 2.34. The van der Waals surface area contributed by atoms with Gasteiger partial charge in [-0.3, -0.25) is 4.79 Å². The fourth-order valence-electron chi connectivity index (χ4n) is 3.77. The number of anilines is 1. The highest BCUT2D eigenvalue weighted by atomic mass is 35.5. The van der Waals surface area contributed by atoms with E-state index in [4.69, 9.17) is 21.1 Å². The fourth-order valence-corrected chi connectivity index (χ4v) is 3.94. The Balaban J connectivity index is 1.54. The maximum atomic E-state index is 12.8. The highest BCUT2D eigenvalue weighted by Gasteiger charge is 2.27. The third-order valence-corrected chi connectivity index (χ3v) is 5.41. The van der Waals surface area contributed by atoms with E-state index < -0.39 is 0 Å². The quantitative estimate of drug-likeness (QED) is 0.691. The van der Waals surface area contributed by atoms with Crippen molar-refractivity contribution in [2.45, 2.75) is 19.3 Å². The first-order chi connectivity index (χ1) is 13.1. The molecule has 140 valence electrons. The molecule has 3 aromatic rings. The Labute approximate surface area is 162 Å². The Morgan fingerprint density at radius 2 is 1.96 bits per heavy atom. The highest BCUT2D eigenvalue weighted by molar-refractivity contribution is 6.31. The van der Waals surface area contributed by atoms with Gasteiger partial charge in [0, 0.05) is 39.3 Å². The van der Waals surface area contributed by atoms with Crippen LogP contribution in [0.15, 0.2) is 36.4 Å². The topological polar surface area (TPSA) is 63.3 Å². The van der Waals surface area contributed by atoms with E-state index in [0.717, 1.165) is 23.7 Å². The molecule has 0 spiro atoms. The third-order valence-electron chi connectivity index (χ3n) is 5.17. The number of amides is 1. The summed E-state index contributed by atoms with van der Waals surface area (Å²) in [4.78, 5) is 16.3. The predicted octanol–water partition coefficient (Wildman–Crippen LogP) is 4.58. The zero-order chi connectivity index (χ0) is 19.0. The molecule has 1 unspecified atom stereocenters. The number of rotatable bonds is 4. The van der Waals surface area contributed by atoms with Crippen LogP contribution in [0.5, 0.6) is 11.5 Å². The molecule has 6 heteroatoms. The molecule has 5 nitrogen and oxygen atoms in total. The Morgan fingerprint density at radius 1 is 1.15 bits per heavy atom. The summed E-state index contributed by atoms with van der Waals surface area (Å²) in [6.45, 7) is 0. The van der Waals surface area contributed by atoms with Gasteiger partial charge in [0.05, 0.1) is 14.2 Å². The van der Waals surface area contributed by atoms with E-state index in [1.807, 2.05) is 24.3 Å². The SMILES string of the molecule is COc1ccc(NC(=O)C2CCc3[nH]c4ccc(Cl)cc4c3C2)cc1OC. The number of hydrogen-bond donors (Lipinski definition) is 2. The van der Waals surface area contributed by atoms with Crippen LogP contribution in [0, 0.1) is 5.92 Å². The minimum atomic E-state index is -0.0800. The number of aromatic nitrogens is 1. The average molecular weight is 385 g/mol. The van der Waals surface area contributed by atoms with E-state index >= 15 is 0 Å². The second kappa shape index (κ2) is 7.16. The van der Waals surface area contributed by atoms with Gasteiger partial charge in [-0.1, -0.05) is 11.6 Å². The summed E-state index contributed by atoms with van der Waals surface area (Å²) in [6, 6.07) is 11.2. The van der Waals surface area contributed by atoms with Crippen LogP contribution in [-0.4, -0.2) is 25.1 Å². The zero-order valence-electron chi connectivity index (χ0n) is 15.3. The number of aryl methyl sites for hydroxylation is 1. The van der Waals surface area contributed by atoms with Gasteiger partial charge < -0.3 is 19.8 Å². The predicted molar refractivity (Wildman–Crippen MR) is 107 cm³/mol. The molecule has 1 aliphatic carbocycles. The van der Waals surface area contributed by atoms with Crippen molar-refractivity contribution in [3.05, 3.63) is 52.7 Å². The molecule has 1 atom stereocenters. The number of methoxy groups -OCH3 is 2. The fraction of sp³-hybridized carbons (Fsp3) is 0.286. The average Bonchev–Trinajstić information content (AvgIpc) is 3.04. The first-order valence-electron chi connectivity index (χ1n) is 8.91. The lowest BCUT2D eigenvalue weighted by Gasteiger charge is -2.22. The second-order valence-corrected chi connectivity index (χ2v) is 7.21. The van der Waals surface area contributed by atoms with E-state index in [9.17, 15) is 4.79 Å². The van der Waals surface area contributed by atoms with Crippen molar-refractivity contribution in [1.82, 2.24) is 4.98 Å². The molecule has 0 saturated heterocycles. The number of aromatic amines is 1. The zero-order valence-corrected chi connectivity index (χ0v) is 16.0.